The number of carbonyl (C=O) groups excluding carboxylic acids is 3. The Bertz CT molecular complexity index is 514. The Balaban J connectivity index is 2.30. The van der Waals surface area contributed by atoms with Gasteiger partial charge in [0.25, 0.3) is 5.91 Å². The zero-order valence-corrected chi connectivity index (χ0v) is 12.3. The molecule has 0 fully saturated rings. The van der Waals surface area contributed by atoms with Gasteiger partial charge in [0.2, 0.25) is 5.91 Å². The lowest BCUT2D eigenvalue weighted by Gasteiger charge is -2.07. The summed E-state index contributed by atoms with van der Waals surface area (Å²) in [6.07, 6.45) is 0.827. The van der Waals surface area contributed by atoms with Crippen LogP contribution in [0.15, 0.2) is 24.3 Å². The quantitative estimate of drug-likeness (QED) is 0.728. The third kappa shape index (κ3) is 6.56. The second kappa shape index (κ2) is 8.73. The number of esters is 1. The summed E-state index contributed by atoms with van der Waals surface area (Å²) in [5, 5.41) is 5.00. The van der Waals surface area contributed by atoms with Gasteiger partial charge in [-0.2, -0.15) is 0 Å². The van der Waals surface area contributed by atoms with Gasteiger partial charge in [0, 0.05) is 6.54 Å². The molecule has 1 aromatic rings. The van der Waals surface area contributed by atoms with Crippen LogP contribution >= 0.6 is 0 Å². The fourth-order valence-corrected chi connectivity index (χ4v) is 1.54. The molecule has 0 aliphatic heterocycles. The van der Waals surface area contributed by atoms with Crippen molar-refractivity contribution >= 4 is 17.8 Å². The number of amides is 2. The van der Waals surface area contributed by atoms with E-state index in [2.05, 4.69) is 10.6 Å². The Hall–Kier alpha value is -2.37. The molecule has 2 amide bonds. The van der Waals surface area contributed by atoms with Crippen LogP contribution in [0.2, 0.25) is 0 Å². The highest BCUT2D eigenvalue weighted by Crippen LogP contribution is 2.05. The third-order valence-corrected chi connectivity index (χ3v) is 2.61. The minimum atomic E-state index is -0.565. The van der Waals surface area contributed by atoms with E-state index < -0.39 is 18.5 Å². The number of hydrogen-bond donors (Lipinski definition) is 2. The van der Waals surface area contributed by atoms with Gasteiger partial charge in [0.15, 0.2) is 6.61 Å². The lowest BCUT2D eigenvalue weighted by atomic mass is 10.1. The predicted molar refractivity (Wildman–Crippen MR) is 77.8 cm³/mol. The Morgan fingerprint density at radius 3 is 2.57 bits per heavy atom. The van der Waals surface area contributed by atoms with Crippen LogP contribution in [0, 0.1) is 6.92 Å². The zero-order valence-electron chi connectivity index (χ0n) is 12.3. The van der Waals surface area contributed by atoms with E-state index in [4.69, 9.17) is 4.74 Å². The van der Waals surface area contributed by atoms with Crippen LogP contribution < -0.4 is 10.6 Å². The van der Waals surface area contributed by atoms with E-state index in [-0.39, 0.29) is 12.5 Å². The summed E-state index contributed by atoms with van der Waals surface area (Å²) in [6, 6.07) is 6.90. The first kappa shape index (κ1) is 16.7. The van der Waals surface area contributed by atoms with Crippen LogP contribution in [0.3, 0.4) is 0 Å². The van der Waals surface area contributed by atoms with E-state index in [1.807, 2.05) is 19.9 Å². The van der Waals surface area contributed by atoms with Gasteiger partial charge in [-0.3, -0.25) is 9.59 Å². The van der Waals surface area contributed by atoms with Crippen molar-refractivity contribution in [2.75, 3.05) is 19.7 Å². The lowest BCUT2D eigenvalue weighted by Crippen LogP contribution is -2.38. The third-order valence-electron chi connectivity index (χ3n) is 2.61. The molecule has 0 aliphatic carbocycles. The van der Waals surface area contributed by atoms with E-state index in [9.17, 15) is 14.4 Å². The summed E-state index contributed by atoms with van der Waals surface area (Å²) in [4.78, 5) is 34.4. The van der Waals surface area contributed by atoms with Gasteiger partial charge in [-0.05, 0) is 25.5 Å². The first-order valence-electron chi connectivity index (χ1n) is 6.80. The molecule has 114 valence electrons. The molecule has 6 nitrogen and oxygen atoms in total. The SMILES string of the molecule is CCCNC(=O)CNC(=O)COC(=O)c1cccc(C)c1. The molecular weight excluding hydrogens is 272 g/mol. The molecule has 1 rings (SSSR count). The maximum Gasteiger partial charge on any atom is 0.338 e. The molecule has 0 atom stereocenters. The zero-order chi connectivity index (χ0) is 15.7. The fourth-order valence-electron chi connectivity index (χ4n) is 1.54. The molecule has 0 saturated carbocycles. The lowest BCUT2D eigenvalue weighted by molar-refractivity contribution is -0.127. The molecule has 0 radical (unpaired) electrons. The number of carbonyl (C=O) groups is 3. The standard InChI is InChI=1S/C15H20N2O4/c1-3-7-16-13(18)9-17-14(19)10-21-15(20)12-6-4-5-11(2)8-12/h4-6,8H,3,7,9-10H2,1-2H3,(H,16,18)(H,17,19). The van der Waals surface area contributed by atoms with Gasteiger partial charge in [0.1, 0.15) is 0 Å². The molecule has 0 heterocycles. The summed E-state index contributed by atoms with van der Waals surface area (Å²) in [6.45, 7) is 3.83. The molecule has 0 aliphatic rings. The van der Waals surface area contributed by atoms with Crippen molar-refractivity contribution in [3.63, 3.8) is 0 Å². The van der Waals surface area contributed by atoms with Crippen LogP contribution in [-0.4, -0.2) is 37.5 Å². The Kier molecular flexibility index (Phi) is 6.94. The monoisotopic (exact) mass is 292 g/mol. The highest BCUT2D eigenvalue weighted by atomic mass is 16.5. The normalized spacial score (nSPS) is 9.81. The molecule has 6 heteroatoms. The van der Waals surface area contributed by atoms with Crippen molar-refractivity contribution in [1.82, 2.24) is 10.6 Å². The number of benzene rings is 1. The van der Waals surface area contributed by atoms with E-state index in [0.717, 1.165) is 12.0 Å². The van der Waals surface area contributed by atoms with Crippen molar-refractivity contribution in [2.24, 2.45) is 0 Å². The number of nitrogens with one attached hydrogen (secondary N) is 2. The fraction of sp³-hybridized carbons (Fsp3) is 0.400. The minimum Gasteiger partial charge on any atom is -0.452 e. The van der Waals surface area contributed by atoms with E-state index in [1.165, 1.54) is 0 Å². The average molecular weight is 292 g/mol. The van der Waals surface area contributed by atoms with Gasteiger partial charge in [0.05, 0.1) is 12.1 Å². The predicted octanol–water partition coefficient (Wildman–Crippen LogP) is 0.794. The second-order valence-electron chi connectivity index (χ2n) is 4.57. The first-order chi connectivity index (χ1) is 10.0. The molecule has 2 N–H and O–H groups in total. The Morgan fingerprint density at radius 2 is 1.90 bits per heavy atom. The van der Waals surface area contributed by atoms with Crippen LogP contribution in [0.4, 0.5) is 0 Å². The van der Waals surface area contributed by atoms with Crippen molar-refractivity contribution < 1.29 is 19.1 Å². The van der Waals surface area contributed by atoms with Crippen molar-refractivity contribution in [1.29, 1.82) is 0 Å². The van der Waals surface area contributed by atoms with Crippen LogP contribution in [0.1, 0.15) is 29.3 Å². The summed E-state index contributed by atoms with van der Waals surface area (Å²) in [7, 11) is 0. The van der Waals surface area contributed by atoms with Gasteiger partial charge < -0.3 is 15.4 Å². The molecule has 0 unspecified atom stereocenters. The highest BCUT2D eigenvalue weighted by Gasteiger charge is 2.10. The average Bonchev–Trinajstić information content (AvgIpc) is 2.48. The molecule has 0 aromatic heterocycles. The highest BCUT2D eigenvalue weighted by molar-refractivity contribution is 5.92. The number of ether oxygens (including phenoxy) is 1. The molecular formula is C15H20N2O4. The van der Waals surface area contributed by atoms with Gasteiger partial charge in [-0.15, -0.1) is 0 Å². The summed E-state index contributed by atoms with van der Waals surface area (Å²) in [5.41, 5.74) is 1.32. The molecule has 21 heavy (non-hydrogen) atoms. The topological polar surface area (TPSA) is 84.5 Å². The maximum atomic E-state index is 11.7. The molecule has 1 aromatic carbocycles. The van der Waals surface area contributed by atoms with Crippen molar-refractivity contribution in [2.45, 2.75) is 20.3 Å². The van der Waals surface area contributed by atoms with Gasteiger partial charge in [-0.25, -0.2) is 4.79 Å². The number of hydrogen-bond acceptors (Lipinski definition) is 4. The molecule has 0 bridgehead atoms. The molecule has 0 spiro atoms. The van der Waals surface area contributed by atoms with E-state index in [0.29, 0.717) is 12.1 Å². The summed E-state index contributed by atoms with van der Waals surface area (Å²) >= 11 is 0. The minimum absolute atomic E-state index is 0.124. The van der Waals surface area contributed by atoms with E-state index >= 15 is 0 Å². The smallest absolute Gasteiger partial charge is 0.338 e. The maximum absolute atomic E-state index is 11.7. The van der Waals surface area contributed by atoms with Crippen molar-refractivity contribution in [3.8, 4) is 0 Å². The van der Waals surface area contributed by atoms with Crippen LogP contribution in [0.25, 0.3) is 0 Å². The van der Waals surface area contributed by atoms with Crippen molar-refractivity contribution in [3.05, 3.63) is 35.4 Å². The largest absolute Gasteiger partial charge is 0.452 e. The molecule has 0 saturated heterocycles. The Labute approximate surface area is 123 Å². The van der Waals surface area contributed by atoms with Crippen LogP contribution in [-0.2, 0) is 14.3 Å². The van der Waals surface area contributed by atoms with Gasteiger partial charge >= 0.3 is 5.97 Å². The summed E-state index contributed by atoms with van der Waals surface area (Å²) < 4.78 is 4.88. The van der Waals surface area contributed by atoms with Crippen LogP contribution in [0.5, 0.6) is 0 Å². The number of aryl methyl sites for hydroxylation is 1. The first-order valence-corrected chi connectivity index (χ1v) is 6.80. The Morgan fingerprint density at radius 1 is 1.14 bits per heavy atom. The summed E-state index contributed by atoms with van der Waals surface area (Å²) in [5.74, 6) is -1.35. The number of rotatable bonds is 7. The van der Waals surface area contributed by atoms with E-state index in [1.54, 1.807) is 18.2 Å². The van der Waals surface area contributed by atoms with Gasteiger partial charge in [-0.1, -0.05) is 24.6 Å². The second-order valence-corrected chi connectivity index (χ2v) is 4.57.